The molecule has 1 heterocycles. The fourth-order valence-electron chi connectivity index (χ4n) is 2.84. The van der Waals surface area contributed by atoms with Gasteiger partial charge in [-0.1, -0.05) is 6.42 Å². The second-order valence-corrected chi connectivity index (χ2v) is 12.2. The van der Waals surface area contributed by atoms with Gasteiger partial charge in [-0.2, -0.15) is 0 Å². The highest BCUT2D eigenvalue weighted by Crippen LogP contribution is 2.41. The highest BCUT2D eigenvalue weighted by molar-refractivity contribution is 6.70. The third kappa shape index (κ3) is 30.2. The fourth-order valence-corrected chi connectivity index (χ4v) is 6.97. The Morgan fingerprint density at radius 2 is 0.886 bits per heavy atom. The standard InChI is InChI=1S/C13H28O4Si.4C3H8O.H4Si/c1-5-14-13(15-6-2)11-9-10-12-18(13,16-7-3)17-8-4;4*1-3(2)4;/h5-12H2,1-4H3;4*3-4H,1-2H3;1H4. The molecule has 1 fully saturated rings. The van der Waals surface area contributed by atoms with Gasteiger partial charge in [0.2, 0.25) is 5.41 Å². The maximum Gasteiger partial charge on any atom is 0.399 e. The quantitative estimate of drug-likeness (QED) is 0.270. The molecule has 1 saturated heterocycles. The highest BCUT2D eigenvalue weighted by atomic mass is 28.4. The predicted octanol–water partition coefficient (Wildman–Crippen LogP) is 3.09. The molecule has 0 atom stereocenters. The molecule has 0 aromatic rings. The van der Waals surface area contributed by atoms with Crippen LogP contribution in [0.4, 0.5) is 0 Å². The van der Waals surface area contributed by atoms with Crippen LogP contribution < -0.4 is 0 Å². The van der Waals surface area contributed by atoms with E-state index in [0.717, 1.165) is 25.3 Å². The topological polar surface area (TPSA) is 118 Å². The van der Waals surface area contributed by atoms with E-state index in [1.54, 1.807) is 55.4 Å². The smallest absolute Gasteiger partial charge is 0.394 e. The normalized spacial score (nSPS) is 15.4. The van der Waals surface area contributed by atoms with Crippen molar-refractivity contribution in [1.29, 1.82) is 0 Å². The lowest BCUT2D eigenvalue weighted by Gasteiger charge is -2.48. The summed E-state index contributed by atoms with van der Waals surface area (Å²) in [6, 6.07) is 0.967. The minimum Gasteiger partial charge on any atom is -0.394 e. The second kappa shape index (κ2) is 28.7. The molecule has 0 aliphatic carbocycles. The molecule has 0 spiro atoms. The molecule has 0 unspecified atom stereocenters. The Bertz CT molecular complexity index is 316. The van der Waals surface area contributed by atoms with Gasteiger partial charge in [-0.25, -0.2) is 0 Å². The van der Waals surface area contributed by atoms with Gasteiger partial charge in [-0.05, 0) is 107 Å². The van der Waals surface area contributed by atoms with Crippen LogP contribution in [0, 0.1) is 0 Å². The zero-order chi connectivity index (χ0) is 27.8. The van der Waals surface area contributed by atoms with Crippen molar-refractivity contribution in [3.63, 3.8) is 0 Å². The number of ether oxygens (including phenoxy) is 2. The van der Waals surface area contributed by atoms with E-state index >= 15 is 0 Å². The molecule has 0 aromatic carbocycles. The van der Waals surface area contributed by atoms with Gasteiger partial charge in [-0.3, -0.25) is 0 Å². The summed E-state index contributed by atoms with van der Waals surface area (Å²) in [4.78, 5) is 0. The summed E-state index contributed by atoms with van der Waals surface area (Å²) in [7, 11) is -2.45. The predicted molar refractivity (Wildman–Crippen MR) is 154 cm³/mol. The molecule has 0 bridgehead atoms. The highest BCUT2D eigenvalue weighted by Gasteiger charge is 2.61. The molecule has 0 aromatic heterocycles. The molecule has 4 N–H and O–H groups in total. The summed E-state index contributed by atoms with van der Waals surface area (Å²) in [6.07, 6.45) is 2.49. The van der Waals surface area contributed by atoms with Gasteiger partial charge in [0.1, 0.15) is 0 Å². The largest absolute Gasteiger partial charge is 0.399 e. The zero-order valence-electron chi connectivity index (χ0n) is 24.4. The Kier molecular flexibility index (Phi) is 36.9. The lowest BCUT2D eigenvalue weighted by Crippen LogP contribution is -2.67. The molecule has 1 aliphatic heterocycles. The van der Waals surface area contributed by atoms with E-state index in [9.17, 15) is 0 Å². The molecule has 10 heteroatoms. The molecule has 0 radical (unpaired) electrons. The summed E-state index contributed by atoms with van der Waals surface area (Å²) in [5.74, 6) is 0. The average Bonchev–Trinajstić information content (AvgIpc) is 2.63. The van der Waals surface area contributed by atoms with Crippen LogP contribution in [0.5, 0.6) is 0 Å². The summed E-state index contributed by atoms with van der Waals surface area (Å²) in [5.41, 5.74) is -0.610. The lowest BCUT2D eigenvalue weighted by molar-refractivity contribution is -0.211. The molecule has 35 heavy (non-hydrogen) atoms. The van der Waals surface area contributed by atoms with Gasteiger partial charge >= 0.3 is 8.56 Å². The van der Waals surface area contributed by atoms with Crippen molar-refractivity contribution in [3.8, 4) is 0 Å². The van der Waals surface area contributed by atoms with Crippen LogP contribution in [0.25, 0.3) is 0 Å². The van der Waals surface area contributed by atoms with Gasteiger partial charge in [0.05, 0.1) is 0 Å². The van der Waals surface area contributed by atoms with Crippen molar-refractivity contribution < 1.29 is 38.8 Å². The van der Waals surface area contributed by atoms with Gasteiger partial charge in [0.25, 0.3) is 0 Å². The van der Waals surface area contributed by atoms with Gasteiger partial charge in [0, 0.05) is 57.3 Å². The van der Waals surface area contributed by atoms with Crippen molar-refractivity contribution in [1.82, 2.24) is 0 Å². The van der Waals surface area contributed by atoms with Crippen LogP contribution in [-0.2, 0) is 18.3 Å². The minimum atomic E-state index is -2.45. The monoisotopic (exact) mass is 548 g/mol. The Morgan fingerprint density at radius 3 is 1.11 bits per heavy atom. The molecule has 0 amide bonds. The van der Waals surface area contributed by atoms with E-state index in [1.165, 1.54) is 0 Å². The van der Waals surface area contributed by atoms with Crippen LogP contribution in [0.15, 0.2) is 0 Å². The third-order valence-electron chi connectivity index (χ3n) is 3.35. The molecule has 0 saturated carbocycles. The first-order chi connectivity index (χ1) is 15.6. The van der Waals surface area contributed by atoms with Crippen LogP contribution >= 0.6 is 0 Å². The lowest BCUT2D eigenvalue weighted by atomic mass is 10.2. The Morgan fingerprint density at radius 1 is 0.600 bits per heavy atom. The SMILES string of the molecule is CC(C)O.CC(C)O.CC(C)O.CC(C)O.CCOC1(OCC)CCCC[Si]1(OCC)OCC.[SiH4]. The third-order valence-corrected chi connectivity index (χ3v) is 7.57. The van der Waals surface area contributed by atoms with E-state index in [2.05, 4.69) is 0 Å². The Labute approximate surface area is 223 Å². The first-order valence-electron chi connectivity index (χ1n) is 12.9. The Hall–Kier alpha value is 0.114. The molecule has 8 nitrogen and oxygen atoms in total. The number of aliphatic hydroxyl groups excluding tert-OH is 4. The first kappa shape index (κ1) is 45.1. The number of hydrogen-bond donors (Lipinski definition) is 4. The number of aliphatic hydroxyl groups is 4. The van der Waals surface area contributed by atoms with Crippen molar-refractivity contribution in [2.24, 2.45) is 0 Å². The fraction of sp³-hybridized carbons (Fsp3) is 1.00. The van der Waals surface area contributed by atoms with Gasteiger partial charge in [0.15, 0.2) is 0 Å². The first-order valence-corrected chi connectivity index (χ1v) is 14.9. The van der Waals surface area contributed by atoms with Crippen LogP contribution in [-0.4, -0.2) is 96.2 Å². The summed E-state index contributed by atoms with van der Waals surface area (Å²) in [5, 5.41) is 32.2. The number of rotatable bonds is 8. The maximum atomic E-state index is 8.06. The zero-order valence-corrected chi connectivity index (χ0v) is 25.4. The van der Waals surface area contributed by atoms with Crippen LogP contribution in [0.1, 0.15) is 102 Å². The molecular formula is C25H64O8Si2. The maximum absolute atomic E-state index is 8.06. The molecular weight excluding hydrogens is 484 g/mol. The van der Waals surface area contributed by atoms with E-state index in [-0.39, 0.29) is 35.4 Å². The van der Waals surface area contributed by atoms with Crippen molar-refractivity contribution in [2.75, 3.05) is 26.4 Å². The van der Waals surface area contributed by atoms with E-state index < -0.39 is 14.0 Å². The summed E-state index contributed by atoms with van der Waals surface area (Å²) < 4.78 is 24.2. The summed E-state index contributed by atoms with van der Waals surface area (Å²) >= 11 is 0. The van der Waals surface area contributed by atoms with Crippen molar-refractivity contribution >= 4 is 19.5 Å². The van der Waals surface area contributed by atoms with E-state index in [4.69, 9.17) is 38.8 Å². The van der Waals surface area contributed by atoms with E-state index in [1.807, 2.05) is 27.7 Å². The molecule has 1 rings (SSSR count). The average molecular weight is 549 g/mol. The van der Waals surface area contributed by atoms with Crippen LogP contribution in [0.3, 0.4) is 0 Å². The molecule has 220 valence electrons. The summed E-state index contributed by atoms with van der Waals surface area (Å²) in [6.45, 7) is 24.4. The second-order valence-electron chi connectivity index (χ2n) is 8.82. The number of hydrogen-bond acceptors (Lipinski definition) is 8. The van der Waals surface area contributed by atoms with Crippen LogP contribution in [0.2, 0.25) is 6.04 Å². The van der Waals surface area contributed by atoms with Crippen molar-refractivity contribution in [3.05, 3.63) is 0 Å². The van der Waals surface area contributed by atoms with Crippen molar-refractivity contribution in [2.45, 2.75) is 138 Å². The minimum absolute atomic E-state index is 0. The molecule has 1 aliphatic rings. The van der Waals surface area contributed by atoms with E-state index in [0.29, 0.717) is 26.4 Å². The van der Waals surface area contributed by atoms with Gasteiger partial charge in [-0.15, -0.1) is 0 Å². The Balaban J connectivity index is -0.000000145. The van der Waals surface area contributed by atoms with Gasteiger partial charge < -0.3 is 38.8 Å².